The van der Waals surface area contributed by atoms with Crippen molar-refractivity contribution in [3.8, 4) is 0 Å². The predicted molar refractivity (Wildman–Crippen MR) is 142 cm³/mol. The van der Waals surface area contributed by atoms with Crippen molar-refractivity contribution in [2.45, 2.75) is 25.9 Å². The number of halogens is 1. The van der Waals surface area contributed by atoms with Crippen LogP contribution in [0.25, 0.3) is 11.0 Å². The normalized spacial score (nSPS) is 12.1. The molecule has 0 saturated heterocycles. The lowest BCUT2D eigenvalue weighted by Crippen LogP contribution is -2.42. The highest BCUT2D eigenvalue weighted by molar-refractivity contribution is 6.29. The van der Waals surface area contributed by atoms with E-state index in [1.54, 1.807) is 21.6 Å². The molecule has 0 N–H and O–H groups in total. The molecule has 4 rings (SSSR count). The summed E-state index contributed by atoms with van der Waals surface area (Å²) in [6, 6.07) is 15.3. The molecule has 9 nitrogen and oxygen atoms in total. The summed E-state index contributed by atoms with van der Waals surface area (Å²) in [5, 5.41) is 12.2. The molecule has 1 atom stereocenters. The van der Waals surface area contributed by atoms with Gasteiger partial charge in [0.2, 0.25) is 0 Å². The van der Waals surface area contributed by atoms with Crippen molar-refractivity contribution in [3.63, 3.8) is 0 Å². The highest BCUT2D eigenvalue weighted by Crippen LogP contribution is 2.26. The van der Waals surface area contributed by atoms with Gasteiger partial charge in [0, 0.05) is 25.2 Å². The van der Waals surface area contributed by atoms with E-state index in [4.69, 9.17) is 16.6 Å². The Labute approximate surface area is 220 Å². The van der Waals surface area contributed by atoms with E-state index in [1.165, 1.54) is 24.5 Å². The Morgan fingerprint density at radius 2 is 1.76 bits per heavy atom. The Kier molecular flexibility index (Phi) is 8.15. The largest absolute Gasteiger partial charge is 0.619 e. The molecule has 1 unspecified atom stereocenters. The quantitative estimate of drug-likeness (QED) is 0.191. The molecular weight excluding hydrogens is 492 g/mol. The Bertz CT molecular complexity index is 1440. The van der Waals surface area contributed by atoms with E-state index in [-0.39, 0.29) is 28.8 Å². The van der Waals surface area contributed by atoms with Gasteiger partial charge in [0.05, 0.1) is 23.5 Å². The lowest BCUT2D eigenvalue weighted by Gasteiger charge is -2.33. The van der Waals surface area contributed by atoms with Crippen molar-refractivity contribution in [3.05, 3.63) is 105 Å². The Morgan fingerprint density at radius 1 is 1.05 bits per heavy atom. The minimum atomic E-state index is -0.534. The summed E-state index contributed by atoms with van der Waals surface area (Å²) in [5.74, 6) is 0.175. The molecule has 0 spiro atoms. The van der Waals surface area contributed by atoms with Crippen molar-refractivity contribution in [2.24, 2.45) is 0 Å². The molecule has 37 heavy (non-hydrogen) atoms. The minimum absolute atomic E-state index is 0.231. The summed E-state index contributed by atoms with van der Waals surface area (Å²) in [7, 11) is 3.86. The molecule has 1 amide bonds. The maximum Gasteiger partial charge on any atom is 0.263 e. The second-order valence-corrected chi connectivity index (χ2v) is 9.41. The number of fused-ring (bicyclic) bond motifs is 1. The van der Waals surface area contributed by atoms with E-state index in [0.717, 1.165) is 5.56 Å². The van der Waals surface area contributed by atoms with Crippen molar-refractivity contribution in [1.29, 1.82) is 0 Å². The van der Waals surface area contributed by atoms with Gasteiger partial charge in [0.15, 0.2) is 18.0 Å². The van der Waals surface area contributed by atoms with Gasteiger partial charge in [-0.3, -0.25) is 14.2 Å². The SMILES string of the molecule is CCC(c1nc2nc(Cl)ccc2c(=O)n1Cc1ccccc1)N(CCN(C)C)C(=O)c1cc[n+]([O-])cc1. The number of hydrogen-bond donors (Lipinski definition) is 0. The number of hydrogen-bond acceptors (Lipinski definition) is 6. The smallest absolute Gasteiger partial charge is 0.263 e. The molecule has 0 bridgehead atoms. The minimum Gasteiger partial charge on any atom is -0.619 e. The monoisotopic (exact) mass is 520 g/mol. The zero-order valence-corrected chi connectivity index (χ0v) is 21.8. The second-order valence-electron chi connectivity index (χ2n) is 9.02. The number of amides is 1. The fourth-order valence-electron chi connectivity index (χ4n) is 4.24. The molecule has 192 valence electrons. The maximum atomic E-state index is 13.8. The van der Waals surface area contributed by atoms with Crippen LogP contribution in [0.5, 0.6) is 0 Å². The maximum absolute atomic E-state index is 13.8. The predicted octanol–water partition coefficient (Wildman–Crippen LogP) is 3.28. The Balaban J connectivity index is 1.89. The van der Waals surface area contributed by atoms with E-state index in [1.807, 2.05) is 56.3 Å². The number of pyridine rings is 2. The zero-order chi connectivity index (χ0) is 26.5. The molecule has 1 aromatic carbocycles. The summed E-state index contributed by atoms with van der Waals surface area (Å²) in [6.45, 7) is 3.22. The summed E-state index contributed by atoms with van der Waals surface area (Å²) < 4.78 is 2.25. The standard InChI is InChI=1S/C27H29ClN6O3/c1-4-22(33(17-16-31(2)3)26(35)20-12-14-32(37)15-13-20)25-30-24-21(10-11-23(28)29-24)27(36)34(25)18-19-8-6-5-7-9-19/h5-15,22H,4,16-18H2,1-3H3. The van der Waals surface area contributed by atoms with Gasteiger partial charge in [-0.15, -0.1) is 0 Å². The third kappa shape index (κ3) is 5.95. The number of carbonyl (C=O) groups excluding carboxylic acids is 1. The summed E-state index contributed by atoms with van der Waals surface area (Å²) in [4.78, 5) is 40.3. The van der Waals surface area contributed by atoms with Gasteiger partial charge in [-0.2, -0.15) is 4.73 Å². The van der Waals surface area contributed by atoms with Gasteiger partial charge in [0.1, 0.15) is 11.0 Å². The van der Waals surface area contributed by atoms with Gasteiger partial charge < -0.3 is 15.0 Å². The van der Waals surface area contributed by atoms with E-state index in [0.29, 0.717) is 41.0 Å². The van der Waals surface area contributed by atoms with Gasteiger partial charge in [-0.1, -0.05) is 48.9 Å². The molecule has 0 aliphatic rings. The lowest BCUT2D eigenvalue weighted by atomic mass is 10.1. The third-order valence-corrected chi connectivity index (χ3v) is 6.37. The van der Waals surface area contributed by atoms with Crippen LogP contribution in [0.3, 0.4) is 0 Å². The zero-order valence-electron chi connectivity index (χ0n) is 21.0. The molecular formula is C27H29ClN6O3. The molecule has 0 radical (unpaired) electrons. The number of benzene rings is 1. The van der Waals surface area contributed by atoms with Crippen LogP contribution in [0.2, 0.25) is 5.15 Å². The van der Waals surface area contributed by atoms with Crippen LogP contribution >= 0.6 is 11.6 Å². The van der Waals surface area contributed by atoms with E-state index < -0.39 is 6.04 Å². The molecule has 3 heterocycles. The van der Waals surface area contributed by atoms with Crippen molar-refractivity contribution in [2.75, 3.05) is 27.2 Å². The second kappa shape index (κ2) is 11.5. The van der Waals surface area contributed by atoms with Crippen LogP contribution in [-0.4, -0.2) is 57.4 Å². The summed E-state index contributed by atoms with van der Waals surface area (Å²) in [5.41, 5.74) is 1.29. The fourth-order valence-corrected chi connectivity index (χ4v) is 4.38. The highest BCUT2D eigenvalue weighted by atomic mass is 35.5. The average Bonchev–Trinajstić information content (AvgIpc) is 2.88. The lowest BCUT2D eigenvalue weighted by molar-refractivity contribution is -0.605. The first-order valence-corrected chi connectivity index (χ1v) is 12.4. The van der Waals surface area contributed by atoms with Crippen molar-refractivity contribution < 1.29 is 9.52 Å². The van der Waals surface area contributed by atoms with Crippen molar-refractivity contribution >= 4 is 28.5 Å². The van der Waals surface area contributed by atoms with Crippen LogP contribution in [-0.2, 0) is 6.54 Å². The molecule has 10 heteroatoms. The van der Waals surface area contributed by atoms with Gasteiger partial charge in [0.25, 0.3) is 11.5 Å². The number of likely N-dealkylation sites (N-methyl/N-ethyl adjacent to an activating group) is 1. The fraction of sp³-hybridized carbons (Fsp3) is 0.296. The van der Waals surface area contributed by atoms with Gasteiger partial charge >= 0.3 is 0 Å². The first-order valence-electron chi connectivity index (χ1n) is 12.0. The van der Waals surface area contributed by atoms with Crippen LogP contribution < -0.4 is 10.3 Å². The van der Waals surface area contributed by atoms with E-state index in [2.05, 4.69) is 4.98 Å². The highest BCUT2D eigenvalue weighted by Gasteiger charge is 2.30. The summed E-state index contributed by atoms with van der Waals surface area (Å²) >= 11 is 6.14. The van der Waals surface area contributed by atoms with Crippen LogP contribution in [0.15, 0.2) is 71.8 Å². The molecule has 0 fully saturated rings. The molecule has 0 saturated carbocycles. The topological polar surface area (TPSA) is 98.3 Å². The molecule has 0 aliphatic carbocycles. The van der Waals surface area contributed by atoms with Crippen LogP contribution in [0.4, 0.5) is 0 Å². The molecule has 3 aromatic heterocycles. The van der Waals surface area contributed by atoms with Crippen molar-refractivity contribution in [1.82, 2.24) is 24.3 Å². The van der Waals surface area contributed by atoms with Crippen LogP contribution in [0, 0.1) is 5.21 Å². The first-order chi connectivity index (χ1) is 17.8. The van der Waals surface area contributed by atoms with Gasteiger partial charge in [-0.05, 0) is 38.2 Å². The molecule has 0 aliphatic heterocycles. The van der Waals surface area contributed by atoms with E-state index in [9.17, 15) is 14.8 Å². The number of aromatic nitrogens is 4. The van der Waals surface area contributed by atoms with Gasteiger partial charge in [-0.25, -0.2) is 9.97 Å². The first kappa shape index (κ1) is 26.2. The number of nitrogens with zero attached hydrogens (tertiary/aromatic N) is 6. The Morgan fingerprint density at radius 3 is 2.41 bits per heavy atom. The number of carbonyl (C=O) groups is 1. The Hall–Kier alpha value is -3.82. The third-order valence-electron chi connectivity index (χ3n) is 6.16. The van der Waals surface area contributed by atoms with Crippen LogP contribution in [0.1, 0.15) is 41.1 Å². The van der Waals surface area contributed by atoms with E-state index >= 15 is 0 Å². The number of rotatable bonds is 9. The average molecular weight is 521 g/mol. The molecule has 4 aromatic rings. The summed E-state index contributed by atoms with van der Waals surface area (Å²) in [6.07, 6.45) is 3.09.